The van der Waals surface area contributed by atoms with Crippen LogP contribution in [0.5, 0.6) is 0 Å². The molecule has 0 radical (unpaired) electrons. The van der Waals surface area contributed by atoms with E-state index >= 15 is 0 Å². The van der Waals surface area contributed by atoms with Crippen LogP contribution in [0.4, 0.5) is 0 Å². The first-order valence-electron chi connectivity index (χ1n) is 6.65. The Morgan fingerprint density at radius 3 is 2.94 bits per heavy atom. The second kappa shape index (κ2) is 5.57. The van der Waals surface area contributed by atoms with E-state index in [0.29, 0.717) is 11.5 Å². The molecule has 0 aliphatic heterocycles. The van der Waals surface area contributed by atoms with Crippen LogP contribution in [0.3, 0.4) is 0 Å². The monoisotopic (exact) mass is 265 g/mol. The van der Waals surface area contributed by atoms with Crippen molar-refractivity contribution in [1.82, 2.24) is 15.3 Å². The minimum atomic E-state index is 0.324. The van der Waals surface area contributed by atoms with E-state index in [1.165, 1.54) is 11.3 Å². The van der Waals surface area contributed by atoms with E-state index in [-0.39, 0.29) is 0 Å². The topological polar surface area (TPSA) is 37.8 Å². The van der Waals surface area contributed by atoms with Gasteiger partial charge in [0.25, 0.3) is 0 Å². The maximum Gasteiger partial charge on any atom is 0.138 e. The van der Waals surface area contributed by atoms with Gasteiger partial charge in [0.15, 0.2) is 0 Å². The highest BCUT2D eigenvalue weighted by Gasteiger charge is 2.32. The van der Waals surface area contributed by atoms with Gasteiger partial charge in [-0.05, 0) is 31.1 Å². The van der Waals surface area contributed by atoms with Gasteiger partial charge in [-0.1, -0.05) is 20.8 Å². The molecule has 2 rings (SSSR count). The van der Waals surface area contributed by atoms with Crippen molar-refractivity contribution in [2.45, 2.75) is 45.4 Å². The molecule has 0 saturated heterocycles. The maximum atomic E-state index is 4.77. The van der Waals surface area contributed by atoms with Crippen molar-refractivity contribution >= 4 is 11.8 Å². The summed E-state index contributed by atoms with van der Waals surface area (Å²) in [6.45, 7) is 6.81. The predicted octanol–water partition coefficient (Wildman–Crippen LogP) is 2.96. The van der Waals surface area contributed by atoms with Crippen molar-refractivity contribution in [1.29, 1.82) is 0 Å². The van der Waals surface area contributed by atoms with Gasteiger partial charge in [-0.3, -0.25) is 0 Å². The summed E-state index contributed by atoms with van der Waals surface area (Å²) >= 11 is 1.88. The number of hydrogen-bond acceptors (Lipinski definition) is 4. The Morgan fingerprint density at radius 2 is 2.28 bits per heavy atom. The van der Waals surface area contributed by atoms with E-state index in [2.05, 4.69) is 31.1 Å². The molecule has 100 valence electrons. The lowest BCUT2D eigenvalue weighted by atomic mass is 9.74. The highest BCUT2D eigenvalue weighted by molar-refractivity contribution is 7.98. The molecule has 4 heteroatoms. The van der Waals surface area contributed by atoms with E-state index < -0.39 is 0 Å². The van der Waals surface area contributed by atoms with Crippen molar-refractivity contribution in [3.05, 3.63) is 23.3 Å². The molecular weight excluding hydrogens is 242 g/mol. The number of fused-ring (bicyclic) bond motifs is 1. The minimum Gasteiger partial charge on any atom is -0.313 e. The summed E-state index contributed by atoms with van der Waals surface area (Å²) in [4.78, 5) is 9.28. The molecule has 3 nitrogen and oxygen atoms in total. The number of thioether (sulfide) groups is 1. The summed E-state index contributed by atoms with van der Waals surface area (Å²) in [5, 5.41) is 3.39. The van der Waals surface area contributed by atoms with Crippen LogP contribution in [0.2, 0.25) is 0 Å². The van der Waals surface area contributed by atoms with Gasteiger partial charge in [-0.25, -0.2) is 9.97 Å². The zero-order valence-electron chi connectivity index (χ0n) is 11.8. The molecule has 1 unspecified atom stereocenters. The van der Waals surface area contributed by atoms with Gasteiger partial charge in [0.05, 0.1) is 5.75 Å². The van der Waals surface area contributed by atoms with Crippen LogP contribution in [-0.4, -0.2) is 22.8 Å². The molecule has 18 heavy (non-hydrogen) atoms. The second-order valence-electron chi connectivity index (χ2n) is 5.71. The Bertz CT molecular complexity index is 418. The molecule has 1 N–H and O–H groups in total. The first-order chi connectivity index (χ1) is 8.55. The van der Waals surface area contributed by atoms with Gasteiger partial charge < -0.3 is 5.32 Å². The van der Waals surface area contributed by atoms with Crippen LogP contribution in [-0.2, 0) is 12.2 Å². The summed E-state index contributed by atoms with van der Waals surface area (Å²) in [5.74, 6) is 3.02. The van der Waals surface area contributed by atoms with Crippen LogP contribution >= 0.6 is 11.8 Å². The molecule has 1 aliphatic carbocycles. The molecule has 0 saturated carbocycles. The van der Waals surface area contributed by atoms with Crippen LogP contribution in [0.15, 0.2) is 6.20 Å². The molecule has 0 fully saturated rings. The summed E-state index contributed by atoms with van der Waals surface area (Å²) in [7, 11) is 2.02. The predicted molar refractivity (Wildman–Crippen MR) is 77.8 cm³/mol. The SMILES string of the molecule is CCSCc1ncc2c(n1)CC(C)(C)CC2NC. The maximum absolute atomic E-state index is 4.77. The Kier molecular flexibility index (Phi) is 4.28. The highest BCUT2D eigenvalue weighted by atomic mass is 32.2. The molecule has 1 aromatic heterocycles. The Hall–Kier alpha value is -0.610. The quantitative estimate of drug-likeness (QED) is 0.908. The fourth-order valence-electron chi connectivity index (χ4n) is 2.61. The lowest BCUT2D eigenvalue weighted by Gasteiger charge is -2.36. The van der Waals surface area contributed by atoms with Gasteiger partial charge >= 0.3 is 0 Å². The first-order valence-corrected chi connectivity index (χ1v) is 7.81. The first kappa shape index (κ1) is 13.8. The lowest BCUT2D eigenvalue weighted by molar-refractivity contribution is 0.260. The fraction of sp³-hybridized carbons (Fsp3) is 0.714. The summed E-state index contributed by atoms with van der Waals surface area (Å²) < 4.78 is 0. The van der Waals surface area contributed by atoms with Crippen molar-refractivity contribution < 1.29 is 0 Å². The molecule has 0 spiro atoms. The highest BCUT2D eigenvalue weighted by Crippen LogP contribution is 2.39. The van der Waals surface area contributed by atoms with E-state index in [4.69, 9.17) is 4.98 Å². The van der Waals surface area contributed by atoms with Gasteiger partial charge in [0.2, 0.25) is 0 Å². The van der Waals surface area contributed by atoms with Gasteiger partial charge in [-0.2, -0.15) is 11.8 Å². The standard InChI is InChI=1S/C14H23N3S/c1-5-18-9-13-16-8-10-11(15-4)6-14(2,3)7-12(10)17-13/h8,11,15H,5-7,9H2,1-4H3. The average molecular weight is 265 g/mol. The number of nitrogens with zero attached hydrogens (tertiary/aromatic N) is 2. The molecule has 1 aliphatic rings. The lowest BCUT2D eigenvalue weighted by Crippen LogP contribution is -2.32. The van der Waals surface area contributed by atoms with Crippen LogP contribution in [0.1, 0.15) is 50.3 Å². The summed E-state index contributed by atoms with van der Waals surface area (Å²) in [6.07, 6.45) is 4.25. The smallest absolute Gasteiger partial charge is 0.138 e. The zero-order chi connectivity index (χ0) is 13.2. The molecule has 0 bridgehead atoms. The number of rotatable bonds is 4. The molecule has 0 aromatic carbocycles. The van der Waals surface area contributed by atoms with Crippen LogP contribution < -0.4 is 5.32 Å². The van der Waals surface area contributed by atoms with Crippen molar-refractivity contribution in [2.75, 3.05) is 12.8 Å². The number of nitrogens with one attached hydrogen (secondary N) is 1. The molecular formula is C14H23N3S. The third-order valence-corrected chi connectivity index (χ3v) is 4.38. The molecule has 1 heterocycles. The summed E-state index contributed by atoms with van der Waals surface area (Å²) in [6, 6.07) is 0.400. The van der Waals surface area contributed by atoms with Gasteiger partial charge in [0.1, 0.15) is 5.82 Å². The minimum absolute atomic E-state index is 0.324. The van der Waals surface area contributed by atoms with E-state index in [9.17, 15) is 0 Å². The Balaban J connectivity index is 2.27. The normalized spacial score (nSPS) is 21.7. The second-order valence-corrected chi connectivity index (χ2v) is 6.99. The Labute approximate surface area is 114 Å². The Morgan fingerprint density at radius 1 is 1.50 bits per heavy atom. The van der Waals surface area contributed by atoms with Crippen molar-refractivity contribution in [3.8, 4) is 0 Å². The molecule has 0 amide bonds. The molecule has 1 aromatic rings. The van der Waals surface area contributed by atoms with Gasteiger partial charge in [-0.15, -0.1) is 0 Å². The number of hydrogen-bond donors (Lipinski definition) is 1. The van der Waals surface area contributed by atoms with Crippen molar-refractivity contribution in [2.24, 2.45) is 5.41 Å². The largest absolute Gasteiger partial charge is 0.313 e. The zero-order valence-corrected chi connectivity index (χ0v) is 12.6. The fourth-order valence-corrected chi connectivity index (χ4v) is 3.13. The van der Waals surface area contributed by atoms with Gasteiger partial charge in [0, 0.05) is 23.5 Å². The third kappa shape index (κ3) is 3.04. The average Bonchev–Trinajstić information content (AvgIpc) is 2.33. The van der Waals surface area contributed by atoms with Crippen LogP contribution in [0.25, 0.3) is 0 Å². The van der Waals surface area contributed by atoms with E-state index in [1.807, 2.05) is 25.0 Å². The number of aromatic nitrogens is 2. The molecule has 1 atom stereocenters. The third-order valence-electron chi connectivity index (χ3n) is 3.51. The summed E-state index contributed by atoms with van der Waals surface area (Å²) in [5.41, 5.74) is 2.86. The van der Waals surface area contributed by atoms with Crippen LogP contribution in [0, 0.1) is 5.41 Å². The van der Waals surface area contributed by atoms with E-state index in [1.54, 1.807) is 0 Å². The van der Waals surface area contributed by atoms with E-state index in [0.717, 1.165) is 30.2 Å². The van der Waals surface area contributed by atoms with Crippen molar-refractivity contribution in [3.63, 3.8) is 0 Å².